The molecule has 2 amide bonds. The molecule has 1 saturated heterocycles. The molecule has 0 saturated carbocycles. The molecular weight excluding hydrogens is 372 g/mol. The van der Waals surface area contributed by atoms with Gasteiger partial charge in [-0.15, -0.1) is 0 Å². The lowest BCUT2D eigenvalue weighted by Crippen LogP contribution is -2.59. The largest absolute Gasteiger partial charge is 0.394 e. The zero-order valence-corrected chi connectivity index (χ0v) is 14.6. The predicted octanol–water partition coefficient (Wildman–Crippen LogP) is -0.491. The molecule has 1 heterocycles. The third kappa shape index (κ3) is 5.02. The second-order valence-corrected chi connectivity index (χ2v) is 5.93. The van der Waals surface area contributed by atoms with Crippen LogP contribution < -0.4 is 5.32 Å². The molecule has 1 aromatic rings. The Bertz CT molecular complexity index is 588. The molecule has 146 valence electrons. The van der Waals surface area contributed by atoms with Gasteiger partial charge in [0.05, 0.1) is 13.7 Å². The molecule has 1 fully saturated rings. The summed E-state index contributed by atoms with van der Waals surface area (Å²) in [5.41, 5.74) is 0.467. The van der Waals surface area contributed by atoms with Gasteiger partial charge in [0.15, 0.2) is 13.0 Å². The number of carbonyl (C=O) groups excluding carboxylic acids is 1. The summed E-state index contributed by atoms with van der Waals surface area (Å²) in [6, 6.07) is 5.70. The van der Waals surface area contributed by atoms with Gasteiger partial charge >= 0.3 is 6.03 Å². The molecule has 0 aliphatic carbocycles. The molecule has 1 aromatic carbocycles. The minimum atomic E-state index is -1.58. The van der Waals surface area contributed by atoms with Crippen molar-refractivity contribution in [1.29, 1.82) is 0 Å². The van der Waals surface area contributed by atoms with E-state index in [1.165, 1.54) is 7.11 Å². The second-order valence-electron chi connectivity index (χ2n) is 5.49. The van der Waals surface area contributed by atoms with Gasteiger partial charge in [-0.25, -0.2) is 4.79 Å². The van der Waals surface area contributed by atoms with Gasteiger partial charge in [0.2, 0.25) is 0 Å². The first-order valence-electron chi connectivity index (χ1n) is 7.67. The zero-order valence-electron chi connectivity index (χ0n) is 13.9. The summed E-state index contributed by atoms with van der Waals surface area (Å²) in [5, 5.41) is 42.3. The van der Waals surface area contributed by atoms with Gasteiger partial charge in [-0.2, -0.15) is 5.06 Å². The highest BCUT2D eigenvalue weighted by Gasteiger charge is 2.44. The van der Waals surface area contributed by atoms with E-state index >= 15 is 0 Å². The van der Waals surface area contributed by atoms with Gasteiger partial charge in [-0.05, 0) is 24.3 Å². The lowest BCUT2D eigenvalue weighted by molar-refractivity contribution is -0.317. The average molecular weight is 393 g/mol. The number of nitrogens with zero attached hydrogens (tertiary/aromatic N) is 1. The van der Waals surface area contributed by atoms with Crippen molar-refractivity contribution in [3.05, 3.63) is 29.3 Å². The van der Waals surface area contributed by atoms with Gasteiger partial charge in [0.25, 0.3) is 0 Å². The molecule has 1 aliphatic heterocycles. The van der Waals surface area contributed by atoms with Crippen LogP contribution in [0.25, 0.3) is 0 Å². The fraction of sp³-hybridized carbons (Fsp3) is 0.533. The van der Waals surface area contributed by atoms with Crippen molar-refractivity contribution in [2.45, 2.75) is 30.7 Å². The lowest BCUT2D eigenvalue weighted by Gasteiger charge is -2.39. The monoisotopic (exact) mass is 392 g/mol. The number of hydroxylamine groups is 2. The fourth-order valence-corrected chi connectivity index (χ4v) is 2.39. The number of urea groups is 1. The number of rotatable bonds is 6. The normalized spacial score (nSPS) is 28.6. The van der Waals surface area contributed by atoms with Gasteiger partial charge < -0.3 is 35.2 Å². The van der Waals surface area contributed by atoms with Gasteiger partial charge in [-0.3, -0.25) is 4.84 Å². The Balaban J connectivity index is 1.92. The van der Waals surface area contributed by atoms with Gasteiger partial charge in [-0.1, -0.05) is 11.6 Å². The van der Waals surface area contributed by atoms with Crippen LogP contribution in [-0.4, -0.2) is 82.7 Å². The number of hydrogen-bond acceptors (Lipinski definition) is 8. The van der Waals surface area contributed by atoms with Crippen LogP contribution in [0.1, 0.15) is 0 Å². The fourth-order valence-electron chi connectivity index (χ4n) is 2.26. The van der Waals surface area contributed by atoms with Crippen molar-refractivity contribution in [3.63, 3.8) is 0 Å². The minimum absolute atomic E-state index is 0.460. The molecule has 0 bridgehead atoms. The van der Waals surface area contributed by atoms with Crippen LogP contribution in [0.4, 0.5) is 10.5 Å². The standard InChI is InChI=1S/C15H21ClN2O8/c1-24-18(15(23)17-9-4-2-8(16)3-5-9)7-25-14-13(22)12(21)11(20)10(6-19)26-14/h2-5,10-14,19-22H,6-7H2,1H3,(H,17,23). The molecule has 11 heteroatoms. The van der Waals surface area contributed by atoms with E-state index in [1.54, 1.807) is 24.3 Å². The number of carbonyl (C=O) groups is 1. The Hall–Kier alpha value is -1.50. The van der Waals surface area contributed by atoms with Crippen molar-refractivity contribution in [3.8, 4) is 0 Å². The summed E-state index contributed by atoms with van der Waals surface area (Å²) in [7, 11) is 1.23. The average Bonchev–Trinajstić information content (AvgIpc) is 2.64. The highest BCUT2D eigenvalue weighted by molar-refractivity contribution is 6.30. The SMILES string of the molecule is CON(COC1OC(CO)C(O)C(O)C1O)C(=O)Nc1ccc(Cl)cc1. The number of hydrogen-bond donors (Lipinski definition) is 5. The highest BCUT2D eigenvalue weighted by atomic mass is 35.5. The first-order valence-corrected chi connectivity index (χ1v) is 8.05. The van der Waals surface area contributed by atoms with Crippen molar-refractivity contribution < 1.29 is 39.5 Å². The second kappa shape index (κ2) is 9.44. The Morgan fingerprint density at radius 1 is 1.23 bits per heavy atom. The third-order valence-corrected chi connectivity index (χ3v) is 4.00. The number of nitrogens with one attached hydrogen (secondary N) is 1. The summed E-state index contributed by atoms with van der Waals surface area (Å²) in [6.07, 6.45) is -7.15. The number of halogens is 1. The zero-order chi connectivity index (χ0) is 19.3. The number of aliphatic hydroxyl groups excluding tert-OH is 4. The summed E-state index contributed by atoms with van der Waals surface area (Å²) in [5.74, 6) is 0. The Morgan fingerprint density at radius 3 is 2.46 bits per heavy atom. The molecule has 26 heavy (non-hydrogen) atoms. The number of amides is 2. The quantitative estimate of drug-likeness (QED) is 0.322. The van der Waals surface area contributed by atoms with E-state index < -0.39 is 50.1 Å². The van der Waals surface area contributed by atoms with E-state index in [1.807, 2.05) is 0 Å². The third-order valence-electron chi connectivity index (χ3n) is 3.75. The molecule has 2 rings (SSSR count). The number of anilines is 1. The highest BCUT2D eigenvalue weighted by Crippen LogP contribution is 2.22. The van der Waals surface area contributed by atoms with Gasteiger partial charge in [0.1, 0.15) is 24.4 Å². The van der Waals surface area contributed by atoms with Crippen molar-refractivity contribution in [2.24, 2.45) is 0 Å². The van der Waals surface area contributed by atoms with E-state index in [0.29, 0.717) is 10.7 Å². The Kier molecular flexibility index (Phi) is 7.55. The smallest absolute Gasteiger partial charge is 0.348 e. The van der Waals surface area contributed by atoms with Crippen molar-refractivity contribution in [1.82, 2.24) is 5.06 Å². The predicted molar refractivity (Wildman–Crippen MR) is 89.0 cm³/mol. The maximum Gasteiger partial charge on any atom is 0.348 e. The molecule has 10 nitrogen and oxygen atoms in total. The van der Waals surface area contributed by atoms with Crippen molar-refractivity contribution in [2.75, 3.05) is 25.8 Å². The molecule has 1 aliphatic rings. The van der Waals surface area contributed by atoms with E-state index in [2.05, 4.69) is 5.32 Å². The first kappa shape index (κ1) is 20.8. The molecule has 5 N–H and O–H groups in total. The summed E-state index contributed by atoms with van der Waals surface area (Å²) in [4.78, 5) is 17.1. The number of aliphatic hydroxyl groups is 4. The summed E-state index contributed by atoms with van der Waals surface area (Å²) >= 11 is 5.77. The van der Waals surface area contributed by atoms with Crippen LogP contribution >= 0.6 is 11.6 Å². The van der Waals surface area contributed by atoms with Crippen LogP contribution in [0, 0.1) is 0 Å². The van der Waals surface area contributed by atoms with E-state index in [9.17, 15) is 20.1 Å². The number of ether oxygens (including phenoxy) is 2. The maximum atomic E-state index is 12.2. The molecular formula is C15H21ClN2O8. The summed E-state index contributed by atoms with van der Waals surface area (Å²) < 4.78 is 10.4. The maximum absolute atomic E-state index is 12.2. The minimum Gasteiger partial charge on any atom is -0.394 e. The van der Waals surface area contributed by atoms with E-state index in [0.717, 1.165) is 5.06 Å². The molecule has 5 atom stereocenters. The Morgan fingerprint density at radius 2 is 1.88 bits per heavy atom. The Labute approximate surface area is 154 Å². The summed E-state index contributed by atoms with van der Waals surface area (Å²) in [6.45, 7) is -1.05. The molecule has 0 aromatic heterocycles. The van der Waals surface area contributed by atoms with Crippen LogP contribution in [0.15, 0.2) is 24.3 Å². The van der Waals surface area contributed by atoms with Gasteiger partial charge in [0, 0.05) is 10.7 Å². The molecule has 5 unspecified atom stereocenters. The van der Waals surface area contributed by atoms with E-state index in [-0.39, 0.29) is 0 Å². The first-order chi connectivity index (χ1) is 12.4. The van der Waals surface area contributed by atoms with Crippen LogP contribution in [-0.2, 0) is 14.3 Å². The van der Waals surface area contributed by atoms with E-state index in [4.69, 9.17) is 31.0 Å². The topological polar surface area (TPSA) is 141 Å². The lowest BCUT2D eigenvalue weighted by atomic mass is 9.99. The molecule has 0 spiro atoms. The van der Waals surface area contributed by atoms with Crippen LogP contribution in [0.3, 0.4) is 0 Å². The van der Waals surface area contributed by atoms with Crippen LogP contribution in [0.2, 0.25) is 5.02 Å². The molecule has 0 radical (unpaired) electrons. The van der Waals surface area contributed by atoms with Crippen LogP contribution in [0.5, 0.6) is 0 Å². The number of benzene rings is 1. The van der Waals surface area contributed by atoms with Crippen molar-refractivity contribution >= 4 is 23.3 Å².